The summed E-state index contributed by atoms with van der Waals surface area (Å²) in [4.78, 5) is 8.13. The van der Waals surface area contributed by atoms with Crippen LogP contribution in [-0.2, 0) is 0 Å². The van der Waals surface area contributed by atoms with E-state index in [1.807, 2.05) is 0 Å². The number of thiophene rings is 1. The van der Waals surface area contributed by atoms with E-state index in [1.54, 1.807) is 24.4 Å². The van der Waals surface area contributed by atoms with Crippen LogP contribution in [-0.4, -0.2) is 32.7 Å². The number of anilines is 2. The lowest BCUT2D eigenvalue weighted by molar-refractivity contribution is -0.254. The maximum atomic E-state index is 13.5. The van der Waals surface area contributed by atoms with Gasteiger partial charge in [-0.15, -0.1) is 11.3 Å². The Morgan fingerprint density at radius 1 is 1.39 bits per heavy atom. The standard InChI is InChI=1S/C13H12F3N5OS/c1-7-5-10(19-11(17)18-7)21-12(22,13(14,15)16)6-8(20-21)9-3-2-4-23-9/h2-5,22H,6H2,1H3,(H2,17,18,19)/t12-/m0/s1. The van der Waals surface area contributed by atoms with Crippen molar-refractivity contribution >= 4 is 28.8 Å². The second-order valence-corrected chi connectivity index (χ2v) is 6.00. The summed E-state index contributed by atoms with van der Waals surface area (Å²) in [5, 5.41) is 16.4. The molecule has 0 unspecified atom stereocenters. The average Bonchev–Trinajstić information content (AvgIpc) is 3.04. The fraction of sp³-hybridized carbons (Fsp3) is 0.308. The molecule has 10 heteroatoms. The first-order valence-electron chi connectivity index (χ1n) is 6.52. The van der Waals surface area contributed by atoms with E-state index in [2.05, 4.69) is 15.1 Å². The summed E-state index contributed by atoms with van der Waals surface area (Å²) >= 11 is 1.24. The number of hydrogen-bond donors (Lipinski definition) is 2. The molecule has 23 heavy (non-hydrogen) atoms. The number of hydrazone groups is 1. The molecule has 3 rings (SSSR count). The molecule has 2 aromatic heterocycles. The highest BCUT2D eigenvalue weighted by Gasteiger charge is 2.62. The number of aromatic nitrogens is 2. The highest BCUT2D eigenvalue weighted by molar-refractivity contribution is 7.12. The van der Waals surface area contributed by atoms with Gasteiger partial charge in [0.1, 0.15) is 0 Å². The number of nitrogen functional groups attached to an aromatic ring is 1. The number of alkyl halides is 3. The lowest BCUT2D eigenvalue weighted by atomic mass is 10.1. The first-order chi connectivity index (χ1) is 10.7. The van der Waals surface area contributed by atoms with Crippen LogP contribution in [0.1, 0.15) is 17.0 Å². The van der Waals surface area contributed by atoms with Crippen molar-refractivity contribution in [1.29, 1.82) is 0 Å². The molecule has 0 saturated heterocycles. The highest BCUT2D eigenvalue weighted by atomic mass is 32.1. The highest BCUT2D eigenvalue weighted by Crippen LogP contribution is 2.43. The van der Waals surface area contributed by atoms with Crippen LogP contribution in [0.15, 0.2) is 28.7 Å². The van der Waals surface area contributed by atoms with Gasteiger partial charge < -0.3 is 10.8 Å². The van der Waals surface area contributed by atoms with Gasteiger partial charge in [0.15, 0.2) is 5.82 Å². The van der Waals surface area contributed by atoms with Crippen molar-refractivity contribution in [3.63, 3.8) is 0 Å². The lowest BCUT2D eigenvalue weighted by Crippen LogP contribution is -2.55. The summed E-state index contributed by atoms with van der Waals surface area (Å²) in [6, 6.07) is 4.63. The number of rotatable bonds is 2. The van der Waals surface area contributed by atoms with Gasteiger partial charge in [-0.1, -0.05) is 6.07 Å². The quantitative estimate of drug-likeness (QED) is 0.874. The first-order valence-corrected chi connectivity index (χ1v) is 7.40. The Morgan fingerprint density at radius 2 is 2.13 bits per heavy atom. The molecular formula is C13H12F3N5OS. The minimum atomic E-state index is -4.93. The zero-order chi connectivity index (χ0) is 16.8. The third kappa shape index (κ3) is 2.63. The molecule has 1 atom stereocenters. The summed E-state index contributed by atoms with van der Waals surface area (Å²) in [7, 11) is 0. The summed E-state index contributed by atoms with van der Waals surface area (Å²) in [5.41, 5.74) is 2.82. The molecule has 0 aromatic carbocycles. The fourth-order valence-electron chi connectivity index (χ4n) is 2.27. The van der Waals surface area contributed by atoms with Gasteiger partial charge >= 0.3 is 6.18 Å². The van der Waals surface area contributed by atoms with Gasteiger partial charge in [-0.3, -0.25) is 0 Å². The lowest BCUT2D eigenvalue weighted by Gasteiger charge is -2.33. The molecule has 0 amide bonds. The van der Waals surface area contributed by atoms with Crippen molar-refractivity contribution in [3.05, 3.63) is 34.2 Å². The Kier molecular flexibility index (Phi) is 3.52. The van der Waals surface area contributed by atoms with Crippen LogP contribution in [0.5, 0.6) is 0 Å². The van der Waals surface area contributed by atoms with E-state index in [1.165, 1.54) is 17.4 Å². The van der Waals surface area contributed by atoms with Crippen molar-refractivity contribution < 1.29 is 18.3 Å². The summed E-state index contributed by atoms with van der Waals surface area (Å²) in [6.45, 7) is 1.56. The minimum absolute atomic E-state index is 0.134. The van der Waals surface area contributed by atoms with E-state index < -0.39 is 18.3 Å². The Labute approximate surface area is 133 Å². The minimum Gasteiger partial charge on any atom is -0.368 e. The molecule has 0 fully saturated rings. The maximum absolute atomic E-state index is 13.5. The van der Waals surface area contributed by atoms with Gasteiger partial charge in [-0.05, 0) is 18.4 Å². The van der Waals surface area contributed by atoms with Crippen LogP contribution in [0.2, 0.25) is 0 Å². The zero-order valence-electron chi connectivity index (χ0n) is 11.9. The van der Waals surface area contributed by atoms with Crippen molar-refractivity contribution in [2.75, 3.05) is 10.7 Å². The van der Waals surface area contributed by atoms with E-state index in [9.17, 15) is 18.3 Å². The first kappa shape index (κ1) is 15.7. The van der Waals surface area contributed by atoms with Gasteiger partial charge in [0.05, 0.1) is 17.0 Å². The van der Waals surface area contributed by atoms with Crippen LogP contribution in [0.4, 0.5) is 24.9 Å². The topological polar surface area (TPSA) is 87.6 Å². The van der Waals surface area contributed by atoms with Gasteiger partial charge in [0, 0.05) is 11.8 Å². The molecule has 2 aromatic rings. The molecule has 3 N–H and O–H groups in total. The molecule has 0 spiro atoms. The van der Waals surface area contributed by atoms with Crippen molar-refractivity contribution in [2.45, 2.75) is 25.2 Å². The Morgan fingerprint density at radius 3 is 2.70 bits per heavy atom. The molecule has 0 aliphatic carbocycles. The SMILES string of the molecule is Cc1cc(N2N=C(c3cccs3)C[C@]2(O)C(F)(F)F)nc(N)n1. The van der Waals surface area contributed by atoms with Gasteiger partial charge in [0.2, 0.25) is 5.95 Å². The molecule has 122 valence electrons. The van der Waals surface area contributed by atoms with Crippen molar-refractivity contribution in [2.24, 2.45) is 5.10 Å². The average molecular weight is 343 g/mol. The Balaban J connectivity index is 2.12. The number of hydrogen-bond acceptors (Lipinski definition) is 7. The van der Waals surface area contributed by atoms with E-state index in [4.69, 9.17) is 5.73 Å². The monoisotopic (exact) mass is 343 g/mol. The molecule has 1 aliphatic heterocycles. The molecule has 0 bridgehead atoms. The second-order valence-electron chi connectivity index (χ2n) is 5.05. The number of nitrogens with two attached hydrogens (primary N) is 1. The molecular weight excluding hydrogens is 331 g/mol. The summed E-state index contributed by atoms with van der Waals surface area (Å²) < 4.78 is 40.4. The smallest absolute Gasteiger partial charge is 0.368 e. The zero-order valence-corrected chi connectivity index (χ0v) is 12.7. The summed E-state index contributed by atoms with van der Waals surface area (Å²) in [6.07, 6.45) is -5.62. The fourth-order valence-corrected chi connectivity index (χ4v) is 2.98. The summed E-state index contributed by atoms with van der Waals surface area (Å²) in [5.74, 6) is -0.398. The van der Waals surface area contributed by atoms with E-state index in [0.717, 1.165) is 0 Å². The third-order valence-corrected chi connectivity index (χ3v) is 4.24. The maximum Gasteiger partial charge on any atom is 0.438 e. The predicted molar refractivity (Wildman–Crippen MR) is 80.1 cm³/mol. The molecule has 0 saturated carbocycles. The molecule has 6 nitrogen and oxygen atoms in total. The largest absolute Gasteiger partial charge is 0.438 e. The molecule has 0 radical (unpaired) electrons. The Hall–Kier alpha value is -2.20. The van der Waals surface area contributed by atoms with Crippen molar-refractivity contribution in [3.8, 4) is 0 Å². The van der Waals surface area contributed by atoms with E-state index in [0.29, 0.717) is 15.6 Å². The number of nitrogens with zero attached hydrogens (tertiary/aromatic N) is 4. The van der Waals surface area contributed by atoms with E-state index in [-0.39, 0.29) is 17.5 Å². The van der Waals surface area contributed by atoms with Crippen LogP contribution in [0.3, 0.4) is 0 Å². The van der Waals surface area contributed by atoms with Crippen LogP contribution >= 0.6 is 11.3 Å². The second kappa shape index (κ2) is 5.17. The van der Waals surface area contributed by atoms with E-state index >= 15 is 0 Å². The van der Waals surface area contributed by atoms with Crippen molar-refractivity contribution in [1.82, 2.24) is 9.97 Å². The number of aryl methyl sites for hydroxylation is 1. The Bertz CT molecular complexity index is 741. The number of halogens is 3. The van der Waals surface area contributed by atoms with Crippen LogP contribution in [0, 0.1) is 6.92 Å². The van der Waals surface area contributed by atoms with Gasteiger partial charge in [-0.2, -0.15) is 23.3 Å². The van der Waals surface area contributed by atoms with Gasteiger partial charge in [-0.25, -0.2) is 9.99 Å². The third-order valence-electron chi connectivity index (χ3n) is 3.32. The predicted octanol–water partition coefficient (Wildman–Crippen LogP) is 2.29. The van der Waals surface area contributed by atoms with Crippen LogP contribution < -0.4 is 10.7 Å². The van der Waals surface area contributed by atoms with Crippen LogP contribution in [0.25, 0.3) is 0 Å². The van der Waals surface area contributed by atoms with Gasteiger partial charge in [0.25, 0.3) is 5.72 Å². The normalized spacial score (nSPS) is 21.6. The number of aliphatic hydroxyl groups is 1. The molecule has 1 aliphatic rings. The molecule has 3 heterocycles.